The highest BCUT2D eigenvalue weighted by molar-refractivity contribution is 7.09. The molecule has 0 radical (unpaired) electrons. The van der Waals surface area contributed by atoms with Crippen molar-refractivity contribution >= 4 is 21.0 Å². The number of Topliss-reactive ketones (excluding diaryl/α,β-unsaturated/α-hetero) is 2. The van der Waals surface area contributed by atoms with Gasteiger partial charge in [0.15, 0.2) is 12.0 Å². The molecule has 5 heteroatoms. The Morgan fingerprint density at radius 1 is 1.36 bits per heavy atom. The summed E-state index contributed by atoms with van der Waals surface area (Å²) in [4.78, 5) is 24.3. The Morgan fingerprint density at radius 3 is 2.72 bits per heavy atom. The van der Waals surface area contributed by atoms with Crippen LogP contribution in [0.1, 0.15) is 79.5 Å². The zero-order valence-electron chi connectivity index (χ0n) is 15.7. The zero-order chi connectivity index (χ0) is 18.7. The van der Waals surface area contributed by atoms with Crippen LogP contribution in [0.15, 0.2) is 12.2 Å². The molecule has 146 valence electrons. The van der Waals surface area contributed by atoms with Gasteiger partial charge in [-0.15, -0.1) is 0 Å². The summed E-state index contributed by atoms with van der Waals surface area (Å²) in [7, 11) is 2.24. The van der Waals surface area contributed by atoms with E-state index in [4.69, 9.17) is 4.52 Å². The van der Waals surface area contributed by atoms with Crippen LogP contribution in [0, 0.1) is 11.8 Å². The van der Waals surface area contributed by atoms with Crippen LogP contribution in [0.4, 0.5) is 4.39 Å². The first-order chi connectivity index (χ1) is 12.0. The molecule has 0 aromatic carbocycles. The number of allylic oxidation sites excluding steroid dienone is 2. The maximum Gasteiger partial charge on any atom is 0.166 e. The smallest absolute Gasteiger partial charge is 0.166 e. The molecule has 0 aliphatic heterocycles. The van der Waals surface area contributed by atoms with Crippen molar-refractivity contribution in [2.45, 2.75) is 90.3 Å². The zero-order valence-corrected chi connectivity index (χ0v) is 16.9. The fraction of sp³-hybridized carbons (Fsp3) is 0.800. The van der Waals surface area contributed by atoms with Crippen LogP contribution in [-0.4, -0.2) is 23.8 Å². The Bertz CT molecular complexity index is 445. The summed E-state index contributed by atoms with van der Waals surface area (Å²) in [6.45, 7) is 4.14. The van der Waals surface area contributed by atoms with Crippen LogP contribution < -0.4 is 0 Å². The average molecular weight is 376 g/mol. The number of carbonyl (C=O) groups is 2. The molecule has 0 heterocycles. The summed E-state index contributed by atoms with van der Waals surface area (Å²) < 4.78 is 19.3. The predicted molar refractivity (Wildman–Crippen MR) is 105 cm³/mol. The van der Waals surface area contributed by atoms with Gasteiger partial charge in [0, 0.05) is 29.7 Å². The Labute approximate surface area is 155 Å². The van der Waals surface area contributed by atoms with Gasteiger partial charge >= 0.3 is 0 Å². The standard InChI is InChI=1S/C20H34FO3P.H2/c1-3-5-7-8-9-10-15-16(20(24-25)14-19(15)23)12-13-18(22)17(21)11-6-4-2;/h8-9,15-17,20H,3-7,10-14,25H2,1-2H3;1H/b9-8-;/i;1+2. The van der Waals surface area contributed by atoms with E-state index in [1.54, 1.807) is 0 Å². The molecule has 1 saturated carbocycles. The molecular weight excluding hydrogens is 338 g/mol. The van der Waals surface area contributed by atoms with E-state index < -0.39 is 6.17 Å². The van der Waals surface area contributed by atoms with E-state index in [9.17, 15) is 14.0 Å². The van der Waals surface area contributed by atoms with Gasteiger partial charge in [-0.2, -0.15) is 0 Å². The summed E-state index contributed by atoms with van der Waals surface area (Å²) in [6.07, 6.45) is 9.77. The lowest BCUT2D eigenvalue weighted by atomic mass is 9.86. The fourth-order valence-corrected chi connectivity index (χ4v) is 3.83. The number of rotatable bonds is 13. The number of ketones is 2. The first kappa shape index (κ1) is 22.4. The minimum Gasteiger partial charge on any atom is -0.362 e. The minimum absolute atomic E-state index is 0. The van der Waals surface area contributed by atoms with Gasteiger partial charge in [0.25, 0.3) is 0 Å². The fourth-order valence-electron chi connectivity index (χ4n) is 3.53. The lowest BCUT2D eigenvalue weighted by Gasteiger charge is -2.22. The topological polar surface area (TPSA) is 43.4 Å². The van der Waals surface area contributed by atoms with Crippen molar-refractivity contribution in [3.8, 4) is 0 Å². The molecule has 3 nitrogen and oxygen atoms in total. The van der Waals surface area contributed by atoms with Crippen LogP contribution in [0.25, 0.3) is 0 Å². The summed E-state index contributed by atoms with van der Waals surface area (Å²) in [5.74, 6) is -0.228. The molecular formula is C20H36FO3P. The largest absolute Gasteiger partial charge is 0.362 e. The van der Waals surface area contributed by atoms with Gasteiger partial charge in [-0.05, 0) is 31.6 Å². The first-order valence-corrected chi connectivity index (χ1v) is 10.2. The van der Waals surface area contributed by atoms with Crippen molar-refractivity contribution in [3.63, 3.8) is 0 Å². The molecule has 0 aromatic rings. The molecule has 0 aromatic heterocycles. The van der Waals surface area contributed by atoms with Crippen molar-refractivity contribution < 1.29 is 19.9 Å². The van der Waals surface area contributed by atoms with Gasteiger partial charge in [-0.25, -0.2) is 4.39 Å². The van der Waals surface area contributed by atoms with Gasteiger partial charge < -0.3 is 4.52 Å². The molecule has 1 aliphatic rings. The highest BCUT2D eigenvalue weighted by Crippen LogP contribution is 2.38. The van der Waals surface area contributed by atoms with Gasteiger partial charge in [-0.1, -0.05) is 51.7 Å². The van der Waals surface area contributed by atoms with Crippen LogP contribution in [0.2, 0.25) is 0 Å². The third-order valence-electron chi connectivity index (χ3n) is 5.15. The lowest BCUT2D eigenvalue weighted by Crippen LogP contribution is -2.24. The number of alkyl halides is 1. The summed E-state index contributed by atoms with van der Waals surface area (Å²) >= 11 is 0. The van der Waals surface area contributed by atoms with E-state index in [1.807, 2.05) is 6.92 Å². The van der Waals surface area contributed by atoms with E-state index >= 15 is 0 Å². The van der Waals surface area contributed by atoms with Crippen molar-refractivity contribution in [1.82, 2.24) is 0 Å². The second kappa shape index (κ2) is 12.7. The Morgan fingerprint density at radius 2 is 2.08 bits per heavy atom. The van der Waals surface area contributed by atoms with Crippen LogP contribution >= 0.6 is 9.47 Å². The molecule has 1 rings (SSSR count). The van der Waals surface area contributed by atoms with Crippen molar-refractivity contribution in [2.24, 2.45) is 11.8 Å². The SMILES string of the molecule is CCCC/C=C\CC1C(=O)CC(OP)C1CCC(=O)C(F)CCCC.[3HH]. The minimum atomic E-state index is -1.36. The number of hydrogen-bond acceptors (Lipinski definition) is 3. The Kier molecular flexibility index (Phi) is 11.4. The molecule has 5 atom stereocenters. The summed E-state index contributed by atoms with van der Waals surface area (Å²) in [5, 5.41) is 0. The maximum atomic E-state index is 13.9. The normalized spacial score (nSPS) is 25.0. The van der Waals surface area contributed by atoms with E-state index in [-0.39, 0.29) is 37.4 Å². The third-order valence-corrected chi connectivity index (χ3v) is 5.50. The molecule has 25 heavy (non-hydrogen) atoms. The van der Waals surface area contributed by atoms with Gasteiger partial charge in [0.2, 0.25) is 0 Å². The molecule has 0 N–H and O–H groups in total. The Balaban J connectivity index is 0.00000625. The lowest BCUT2D eigenvalue weighted by molar-refractivity contribution is -0.125. The van der Waals surface area contributed by atoms with E-state index in [0.717, 1.165) is 32.1 Å². The number of hydrogen-bond donors (Lipinski definition) is 0. The van der Waals surface area contributed by atoms with Gasteiger partial charge in [-0.3, -0.25) is 9.59 Å². The molecule has 0 spiro atoms. The monoisotopic (exact) mass is 376 g/mol. The number of halogens is 1. The molecule has 1 fully saturated rings. The maximum absolute atomic E-state index is 13.9. The van der Waals surface area contributed by atoms with E-state index in [2.05, 4.69) is 28.5 Å². The van der Waals surface area contributed by atoms with E-state index in [1.165, 1.54) is 0 Å². The molecule has 5 unspecified atom stereocenters. The summed E-state index contributed by atoms with van der Waals surface area (Å²) in [6, 6.07) is 0. The van der Waals surface area contributed by atoms with Gasteiger partial charge in [0.1, 0.15) is 5.78 Å². The van der Waals surface area contributed by atoms with Gasteiger partial charge in [0.05, 0.1) is 6.10 Å². The molecule has 0 amide bonds. The third kappa shape index (κ3) is 7.66. The molecule has 0 bridgehead atoms. The second-order valence-corrected chi connectivity index (χ2v) is 7.35. The van der Waals surface area contributed by atoms with E-state index in [0.29, 0.717) is 25.7 Å². The predicted octanol–water partition coefficient (Wildman–Crippen LogP) is 5.63. The first-order valence-electron chi connectivity index (χ1n) is 9.75. The Hall–Kier alpha value is -0.600. The van der Waals surface area contributed by atoms with Crippen molar-refractivity contribution in [3.05, 3.63) is 12.2 Å². The van der Waals surface area contributed by atoms with Crippen molar-refractivity contribution in [2.75, 3.05) is 0 Å². The highest BCUT2D eigenvalue weighted by Gasteiger charge is 2.41. The van der Waals surface area contributed by atoms with Crippen LogP contribution in [0.3, 0.4) is 0 Å². The molecule has 0 saturated heterocycles. The summed E-state index contributed by atoms with van der Waals surface area (Å²) in [5.41, 5.74) is 0. The quantitative estimate of drug-likeness (QED) is 0.238. The number of carbonyl (C=O) groups excluding carboxylic acids is 2. The van der Waals surface area contributed by atoms with Crippen molar-refractivity contribution in [1.29, 1.82) is 0 Å². The van der Waals surface area contributed by atoms with Crippen LogP contribution in [0.5, 0.6) is 0 Å². The second-order valence-electron chi connectivity index (χ2n) is 7.08. The average Bonchev–Trinajstić information content (AvgIpc) is 2.92. The molecule has 1 aliphatic carbocycles. The van der Waals surface area contributed by atoms with Crippen LogP contribution in [-0.2, 0) is 14.1 Å². The highest BCUT2D eigenvalue weighted by atomic mass is 31.0. The number of unbranched alkanes of at least 4 members (excludes halogenated alkanes) is 3.